The van der Waals surface area contributed by atoms with Crippen LogP contribution in [0.15, 0.2) is 23.1 Å². The van der Waals surface area contributed by atoms with Crippen molar-refractivity contribution in [3.05, 3.63) is 23.1 Å². The number of nitrogens with zero attached hydrogens (tertiary/aromatic N) is 1. The van der Waals surface area contributed by atoms with E-state index in [4.69, 9.17) is 9.47 Å². The van der Waals surface area contributed by atoms with Crippen molar-refractivity contribution in [1.82, 2.24) is 4.90 Å². The molecule has 0 saturated heterocycles. The van der Waals surface area contributed by atoms with Crippen LogP contribution in [-0.2, 0) is 14.3 Å². The number of esters is 1. The van der Waals surface area contributed by atoms with E-state index in [1.807, 2.05) is 26.8 Å². The third kappa shape index (κ3) is 3.21. The zero-order valence-corrected chi connectivity index (χ0v) is 12.5. The molecular weight excluding hydrogens is 258 g/mol. The van der Waals surface area contributed by atoms with Crippen LogP contribution < -0.4 is 0 Å². The van der Waals surface area contributed by atoms with Crippen molar-refractivity contribution in [1.29, 1.82) is 0 Å². The van der Waals surface area contributed by atoms with E-state index in [-0.39, 0.29) is 12.1 Å². The molecule has 5 nitrogen and oxygen atoms in total. The van der Waals surface area contributed by atoms with Gasteiger partial charge in [0.15, 0.2) is 0 Å². The lowest BCUT2D eigenvalue weighted by Gasteiger charge is -2.27. The smallest absolute Gasteiger partial charge is 0.414 e. The van der Waals surface area contributed by atoms with Crippen molar-refractivity contribution in [2.24, 2.45) is 0 Å². The quantitative estimate of drug-likeness (QED) is 0.692. The molecule has 0 atom stereocenters. The molecule has 0 bridgehead atoms. The van der Waals surface area contributed by atoms with Crippen molar-refractivity contribution in [2.75, 3.05) is 6.54 Å². The van der Waals surface area contributed by atoms with Crippen molar-refractivity contribution in [3.8, 4) is 0 Å². The van der Waals surface area contributed by atoms with Crippen LogP contribution in [0.25, 0.3) is 0 Å². The Morgan fingerprint density at radius 3 is 2.55 bits per heavy atom. The predicted molar refractivity (Wildman–Crippen MR) is 73.7 cm³/mol. The fourth-order valence-corrected chi connectivity index (χ4v) is 2.46. The molecular formula is C15H21NO4. The highest BCUT2D eigenvalue weighted by molar-refractivity contribution is 5.73. The molecule has 0 spiro atoms. The maximum Gasteiger partial charge on any atom is 0.414 e. The van der Waals surface area contributed by atoms with E-state index in [1.165, 1.54) is 6.92 Å². The topological polar surface area (TPSA) is 55.8 Å². The molecule has 0 saturated carbocycles. The van der Waals surface area contributed by atoms with Gasteiger partial charge in [0, 0.05) is 24.7 Å². The number of ether oxygens (including phenoxy) is 2. The standard InChI is InChI=1S/C15H21NO4/c1-10(17)19-13-7-5-6-12-11(13)8-9-16(12)14(18)20-15(2,3)4/h7H,5-6,8-9H2,1-4H3. The molecule has 2 rings (SSSR count). The van der Waals surface area contributed by atoms with Gasteiger partial charge >= 0.3 is 12.1 Å². The molecule has 0 unspecified atom stereocenters. The molecule has 0 radical (unpaired) electrons. The second-order valence-corrected chi connectivity index (χ2v) is 6.01. The number of allylic oxidation sites excluding steroid dienone is 3. The highest BCUT2D eigenvalue weighted by Gasteiger charge is 2.34. The first-order chi connectivity index (χ1) is 9.28. The molecule has 2 aliphatic rings. The summed E-state index contributed by atoms with van der Waals surface area (Å²) in [6.07, 6.45) is 3.83. The second kappa shape index (κ2) is 5.31. The van der Waals surface area contributed by atoms with Gasteiger partial charge in [0.25, 0.3) is 0 Å². The Kier molecular flexibility index (Phi) is 3.88. The van der Waals surface area contributed by atoms with Crippen molar-refractivity contribution >= 4 is 12.1 Å². The predicted octanol–water partition coefficient (Wildman–Crippen LogP) is 3.12. The largest absolute Gasteiger partial charge is 0.443 e. The van der Waals surface area contributed by atoms with Gasteiger partial charge in [-0.1, -0.05) is 0 Å². The molecule has 5 heteroatoms. The Morgan fingerprint density at radius 2 is 1.95 bits per heavy atom. The SMILES string of the molecule is CC(=O)OC1=CCCC2=C1CCN2C(=O)OC(C)(C)C. The first-order valence-electron chi connectivity index (χ1n) is 6.89. The molecule has 0 aromatic heterocycles. The molecule has 20 heavy (non-hydrogen) atoms. The second-order valence-electron chi connectivity index (χ2n) is 6.01. The minimum atomic E-state index is -0.510. The van der Waals surface area contributed by atoms with E-state index in [0.717, 1.165) is 24.1 Å². The summed E-state index contributed by atoms with van der Waals surface area (Å²) < 4.78 is 10.6. The zero-order valence-electron chi connectivity index (χ0n) is 12.5. The van der Waals surface area contributed by atoms with Crippen molar-refractivity contribution < 1.29 is 19.1 Å². The third-order valence-corrected chi connectivity index (χ3v) is 3.14. The van der Waals surface area contributed by atoms with E-state index in [1.54, 1.807) is 4.90 Å². The Balaban J connectivity index is 2.16. The number of hydrogen-bond acceptors (Lipinski definition) is 4. The van der Waals surface area contributed by atoms with Gasteiger partial charge in [-0.15, -0.1) is 0 Å². The molecule has 110 valence electrons. The molecule has 1 heterocycles. The van der Waals surface area contributed by atoms with Crippen molar-refractivity contribution in [3.63, 3.8) is 0 Å². The van der Waals surface area contributed by atoms with Crippen LogP contribution in [0.2, 0.25) is 0 Å². The van der Waals surface area contributed by atoms with E-state index < -0.39 is 5.60 Å². The average molecular weight is 279 g/mol. The van der Waals surface area contributed by atoms with Gasteiger partial charge in [-0.05, 0) is 46.1 Å². The van der Waals surface area contributed by atoms with Crippen molar-refractivity contribution in [2.45, 2.75) is 52.6 Å². The molecule has 0 N–H and O–H groups in total. The first kappa shape index (κ1) is 14.6. The molecule has 1 amide bonds. The summed E-state index contributed by atoms with van der Waals surface area (Å²) in [6, 6.07) is 0. The van der Waals surface area contributed by atoms with Crippen LogP contribution >= 0.6 is 0 Å². The minimum Gasteiger partial charge on any atom is -0.443 e. The summed E-state index contributed by atoms with van der Waals surface area (Å²) in [5.41, 5.74) is 1.37. The van der Waals surface area contributed by atoms with Gasteiger partial charge in [0.05, 0.1) is 0 Å². The number of hydrogen-bond donors (Lipinski definition) is 0. The Labute approximate surface area is 119 Å². The first-order valence-corrected chi connectivity index (χ1v) is 6.89. The van der Waals surface area contributed by atoms with Crippen LogP contribution in [0.3, 0.4) is 0 Å². The van der Waals surface area contributed by atoms with Crippen LogP contribution in [-0.4, -0.2) is 29.1 Å². The third-order valence-electron chi connectivity index (χ3n) is 3.14. The lowest BCUT2D eigenvalue weighted by molar-refractivity contribution is -0.136. The molecule has 0 fully saturated rings. The Hall–Kier alpha value is -1.78. The molecule has 0 aromatic rings. The summed E-state index contributed by atoms with van der Waals surface area (Å²) >= 11 is 0. The van der Waals surface area contributed by atoms with Crippen LogP contribution in [0, 0.1) is 0 Å². The normalized spacial score (nSPS) is 18.6. The monoisotopic (exact) mass is 279 g/mol. The zero-order chi connectivity index (χ0) is 14.9. The van der Waals surface area contributed by atoms with Crippen LogP contribution in [0.1, 0.15) is 47.0 Å². The lowest BCUT2D eigenvalue weighted by Crippen LogP contribution is -2.35. The number of carbonyl (C=O) groups excluding carboxylic acids is 2. The highest BCUT2D eigenvalue weighted by Crippen LogP contribution is 2.36. The van der Waals surface area contributed by atoms with Gasteiger partial charge in [-0.3, -0.25) is 9.69 Å². The van der Waals surface area contributed by atoms with E-state index in [2.05, 4.69) is 0 Å². The molecule has 1 aliphatic carbocycles. The molecule has 1 aliphatic heterocycles. The van der Waals surface area contributed by atoms with Crippen LogP contribution in [0.4, 0.5) is 4.79 Å². The maximum absolute atomic E-state index is 12.2. The highest BCUT2D eigenvalue weighted by atomic mass is 16.6. The average Bonchev–Trinajstić information content (AvgIpc) is 2.70. The Bertz CT molecular complexity index is 496. The summed E-state index contributed by atoms with van der Waals surface area (Å²) in [5, 5.41) is 0. The van der Waals surface area contributed by atoms with E-state index in [9.17, 15) is 9.59 Å². The summed E-state index contributed by atoms with van der Waals surface area (Å²) in [4.78, 5) is 25.0. The fraction of sp³-hybridized carbons (Fsp3) is 0.600. The van der Waals surface area contributed by atoms with Gasteiger partial charge in [-0.25, -0.2) is 4.79 Å². The Morgan fingerprint density at radius 1 is 1.25 bits per heavy atom. The van der Waals surface area contributed by atoms with Gasteiger partial charge in [0.2, 0.25) is 0 Å². The van der Waals surface area contributed by atoms with E-state index >= 15 is 0 Å². The summed E-state index contributed by atoms with van der Waals surface area (Å²) in [7, 11) is 0. The fourth-order valence-electron chi connectivity index (χ4n) is 2.46. The lowest BCUT2D eigenvalue weighted by atomic mass is 10.0. The minimum absolute atomic E-state index is 0.327. The van der Waals surface area contributed by atoms with Gasteiger partial charge in [-0.2, -0.15) is 0 Å². The van der Waals surface area contributed by atoms with Gasteiger partial charge in [0.1, 0.15) is 11.4 Å². The number of amides is 1. The summed E-state index contributed by atoms with van der Waals surface area (Å²) in [6.45, 7) is 7.51. The van der Waals surface area contributed by atoms with Crippen LogP contribution in [0.5, 0.6) is 0 Å². The molecule has 0 aromatic carbocycles. The summed E-state index contributed by atoms with van der Waals surface area (Å²) in [5.74, 6) is 0.269. The number of carbonyl (C=O) groups is 2. The maximum atomic E-state index is 12.2. The van der Waals surface area contributed by atoms with E-state index in [0.29, 0.717) is 18.7 Å². The van der Waals surface area contributed by atoms with Gasteiger partial charge < -0.3 is 9.47 Å². The number of rotatable bonds is 1.